The minimum atomic E-state index is 0.884. The maximum Gasteiger partial charge on any atom is -0.0394 e. The quantitative estimate of drug-likeness (QED) is 0.401. The van der Waals surface area contributed by atoms with E-state index in [1.165, 1.54) is 57.8 Å². The Morgan fingerprint density at radius 3 is 1.73 bits per heavy atom. The van der Waals surface area contributed by atoms with Crippen molar-refractivity contribution in [1.29, 1.82) is 0 Å². The molecule has 0 fully saturated rings. The SMILES string of the molecule is CCCCCCCCCC(CC)C(C)C. The molecule has 0 heterocycles. The second-order valence-electron chi connectivity index (χ2n) is 5.32. The largest absolute Gasteiger partial charge is 0.0654 e. The Hall–Kier alpha value is 0. The fraction of sp³-hybridized carbons (Fsp3) is 1.00. The molecule has 0 heteroatoms. The molecule has 0 rings (SSSR count). The summed E-state index contributed by atoms with van der Waals surface area (Å²) in [5.41, 5.74) is 0. The van der Waals surface area contributed by atoms with Gasteiger partial charge in [-0.25, -0.2) is 0 Å². The Balaban J connectivity index is 3.22. The van der Waals surface area contributed by atoms with Crippen LogP contribution in [0.2, 0.25) is 0 Å². The van der Waals surface area contributed by atoms with Gasteiger partial charge in [0, 0.05) is 0 Å². The van der Waals surface area contributed by atoms with Gasteiger partial charge in [-0.3, -0.25) is 0 Å². The molecule has 0 radical (unpaired) electrons. The molecule has 0 aromatic carbocycles. The summed E-state index contributed by atoms with van der Waals surface area (Å²) in [5, 5.41) is 0. The third-order valence-corrected chi connectivity index (χ3v) is 3.65. The van der Waals surface area contributed by atoms with Crippen LogP contribution in [-0.4, -0.2) is 0 Å². The molecule has 0 nitrogen and oxygen atoms in total. The monoisotopic (exact) mass is 212 g/mol. The van der Waals surface area contributed by atoms with Crippen LogP contribution in [0.4, 0.5) is 0 Å². The number of hydrogen-bond donors (Lipinski definition) is 0. The van der Waals surface area contributed by atoms with Gasteiger partial charge in [-0.15, -0.1) is 0 Å². The smallest absolute Gasteiger partial charge is 0.0394 e. The minimum absolute atomic E-state index is 0.884. The first-order valence-corrected chi connectivity index (χ1v) is 7.22. The fourth-order valence-corrected chi connectivity index (χ4v) is 2.37. The van der Waals surface area contributed by atoms with Gasteiger partial charge in [-0.05, 0) is 11.8 Å². The highest BCUT2D eigenvalue weighted by Crippen LogP contribution is 2.22. The van der Waals surface area contributed by atoms with Crippen LogP contribution in [0.3, 0.4) is 0 Å². The van der Waals surface area contributed by atoms with Crippen LogP contribution in [0, 0.1) is 11.8 Å². The molecular formula is C15H32. The first kappa shape index (κ1) is 15.0. The summed E-state index contributed by atoms with van der Waals surface area (Å²) < 4.78 is 0. The van der Waals surface area contributed by atoms with Gasteiger partial charge in [0.15, 0.2) is 0 Å². The molecule has 1 unspecified atom stereocenters. The average molecular weight is 212 g/mol. The molecule has 0 aliphatic heterocycles. The van der Waals surface area contributed by atoms with E-state index in [0.717, 1.165) is 11.8 Å². The lowest BCUT2D eigenvalue weighted by molar-refractivity contribution is 0.335. The van der Waals surface area contributed by atoms with Crippen molar-refractivity contribution in [3.8, 4) is 0 Å². The van der Waals surface area contributed by atoms with Gasteiger partial charge < -0.3 is 0 Å². The molecule has 1 atom stereocenters. The molecule has 15 heavy (non-hydrogen) atoms. The number of rotatable bonds is 10. The Labute approximate surface area is 97.8 Å². The molecule has 0 bridgehead atoms. The van der Waals surface area contributed by atoms with Gasteiger partial charge in [0.1, 0.15) is 0 Å². The Kier molecular flexibility index (Phi) is 10.5. The van der Waals surface area contributed by atoms with E-state index in [4.69, 9.17) is 0 Å². The maximum absolute atomic E-state index is 2.37. The molecule has 0 N–H and O–H groups in total. The van der Waals surface area contributed by atoms with Crippen molar-refractivity contribution in [3.05, 3.63) is 0 Å². The van der Waals surface area contributed by atoms with Crippen molar-refractivity contribution in [3.63, 3.8) is 0 Å². The molecule has 0 aromatic heterocycles. The maximum atomic E-state index is 2.37. The van der Waals surface area contributed by atoms with E-state index in [1.54, 1.807) is 0 Å². The molecule has 0 spiro atoms. The third kappa shape index (κ3) is 8.96. The van der Waals surface area contributed by atoms with E-state index >= 15 is 0 Å². The van der Waals surface area contributed by atoms with Gasteiger partial charge in [-0.2, -0.15) is 0 Å². The van der Waals surface area contributed by atoms with Crippen LogP contribution >= 0.6 is 0 Å². The van der Waals surface area contributed by atoms with Gasteiger partial charge in [0.25, 0.3) is 0 Å². The van der Waals surface area contributed by atoms with Crippen molar-refractivity contribution in [2.24, 2.45) is 11.8 Å². The molecule has 0 amide bonds. The summed E-state index contributed by atoms with van der Waals surface area (Å²) in [6.45, 7) is 9.37. The molecular weight excluding hydrogens is 180 g/mol. The van der Waals surface area contributed by atoms with E-state index in [0.29, 0.717) is 0 Å². The molecule has 0 saturated heterocycles. The van der Waals surface area contributed by atoms with Crippen LogP contribution in [0.5, 0.6) is 0 Å². The van der Waals surface area contributed by atoms with Crippen molar-refractivity contribution in [2.75, 3.05) is 0 Å². The average Bonchev–Trinajstić information content (AvgIpc) is 2.21. The summed E-state index contributed by atoms with van der Waals surface area (Å²) in [6.07, 6.45) is 12.9. The third-order valence-electron chi connectivity index (χ3n) is 3.65. The highest BCUT2D eigenvalue weighted by Gasteiger charge is 2.09. The van der Waals surface area contributed by atoms with Crippen molar-refractivity contribution < 1.29 is 0 Å². The van der Waals surface area contributed by atoms with Gasteiger partial charge >= 0.3 is 0 Å². The van der Waals surface area contributed by atoms with Gasteiger partial charge in [0.2, 0.25) is 0 Å². The first-order chi connectivity index (χ1) is 7.22. The van der Waals surface area contributed by atoms with Gasteiger partial charge in [0.05, 0.1) is 0 Å². The number of unbranched alkanes of at least 4 members (excludes halogenated alkanes) is 6. The van der Waals surface area contributed by atoms with Crippen molar-refractivity contribution in [2.45, 2.75) is 85.5 Å². The second-order valence-corrected chi connectivity index (χ2v) is 5.32. The molecule has 0 aromatic rings. The number of hydrogen-bond acceptors (Lipinski definition) is 0. The van der Waals surface area contributed by atoms with Crippen LogP contribution in [-0.2, 0) is 0 Å². The first-order valence-electron chi connectivity index (χ1n) is 7.22. The van der Waals surface area contributed by atoms with E-state index < -0.39 is 0 Å². The van der Waals surface area contributed by atoms with E-state index in [9.17, 15) is 0 Å². The highest BCUT2D eigenvalue weighted by atomic mass is 14.2. The van der Waals surface area contributed by atoms with Crippen LogP contribution in [0.1, 0.15) is 85.5 Å². The predicted octanol–water partition coefficient (Wildman–Crippen LogP) is 5.81. The molecule has 0 aliphatic carbocycles. The lowest BCUT2D eigenvalue weighted by Crippen LogP contribution is -2.06. The van der Waals surface area contributed by atoms with E-state index in [2.05, 4.69) is 27.7 Å². The van der Waals surface area contributed by atoms with E-state index in [1.807, 2.05) is 0 Å². The fourth-order valence-electron chi connectivity index (χ4n) is 2.37. The Morgan fingerprint density at radius 1 is 0.733 bits per heavy atom. The van der Waals surface area contributed by atoms with Crippen LogP contribution in [0.15, 0.2) is 0 Å². The summed E-state index contributed by atoms with van der Waals surface area (Å²) in [6, 6.07) is 0. The summed E-state index contributed by atoms with van der Waals surface area (Å²) in [5.74, 6) is 1.86. The molecule has 0 aliphatic rings. The zero-order chi connectivity index (χ0) is 11.5. The molecule has 92 valence electrons. The predicted molar refractivity (Wildman–Crippen MR) is 71.2 cm³/mol. The van der Waals surface area contributed by atoms with Crippen LogP contribution in [0.25, 0.3) is 0 Å². The van der Waals surface area contributed by atoms with E-state index in [-0.39, 0.29) is 0 Å². The topological polar surface area (TPSA) is 0 Å². The second kappa shape index (κ2) is 10.5. The lowest BCUT2D eigenvalue weighted by atomic mass is 9.88. The highest BCUT2D eigenvalue weighted by molar-refractivity contribution is 4.61. The Morgan fingerprint density at radius 2 is 1.27 bits per heavy atom. The summed E-state index contributed by atoms with van der Waals surface area (Å²) in [4.78, 5) is 0. The molecule has 0 saturated carbocycles. The van der Waals surface area contributed by atoms with Crippen molar-refractivity contribution >= 4 is 0 Å². The summed E-state index contributed by atoms with van der Waals surface area (Å²) in [7, 11) is 0. The normalized spacial score (nSPS) is 13.4. The van der Waals surface area contributed by atoms with Gasteiger partial charge in [-0.1, -0.05) is 85.5 Å². The summed E-state index contributed by atoms with van der Waals surface area (Å²) >= 11 is 0. The van der Waals surface area contributed by atoms with Crippen LogP contribution < -0.4 is 0 Å². The lowest BCUT2D eigenvalue weighted by Gasteiger charge is -2.18. The van der Waals surface area contributed by atoms with Crippen molar-refractivity contribution in [1.82, 2.24) is 0 Å². The minimum Gasteiger partial charge on any atom is -0.0654 e. The zero-order valence-corrected chi connectivity index (χ0v) is 11.5. The zero-order valence-electron chi connectivity index (χ0n) is 11.5. The Bertz CT molecular complexity index is 115. The standard InChI is InChI=1S/C15H32/c1-5-7-8-9-10-11-12-13-15(6-2)14(3)4/h14-15H,5-13H2,1-4H3.